The lowest BCUT2D eigenvalue weighted by molar-refractivity contribution is 0.127. The monoisotopic (exact) mass is 207 g/mol. The molecule has 0 aliphatic heterocycles. The van der Waals surface area contributed by atoms with Crippen molar-refractivity contribution in [3.05, 3.63) is 35.4 Å². The molecule has 0 saturated carbocycles. The quantitative estimate of drug-likeness (QED) is 0.749. The highest BCUT2D eigenvalue weighted by Crippen LogP contribution is 2.10. The summed E-state index contributed by atoms with van der Waals surface area (Å²) in [6.07, 6.45) is 1.14. The smallest absolute Gasteiger partial charge is 0.0956 e. The van der Waals surface area contributed by atoms with Gasteiger partial charge in [-0.3, -0.25) is 4.90 Å². The topological polar surface area (TPSA) is 23.5 Å². The number of benzene rings is 1. The van der Waals surface area contributed by atoms with Crippen LogP contribution in [0.15, 0.2) is 24.3 Å². The molecule has 1 N–H and O–H groups in total. The van der Waals surface area contributed by atoms with Gasteiger partial charge in [0, 0.05) is 6.54 Å². The molecule has 15 heavy (non-hydrogen) atoms. The first-order valence-electron chi connectivity index (χ1n) is 5.49. The fraction of sp³-hybridized carbons (Fsp3) is 0.538. The van der Waals surface area contributed by atoms with Crippen molar-refractivity contribution in [2.24, 2.45) is 5.92 Å². The molecule has 1 rings (SSSR count). The highest BCUT2D eigenvalue weighted by atomic mass is 16.3. The molecule has 0 fully saturated rings. The summed E-state index contributed by atoms with van der Waals surface area (Å²) in [4.78, 5) is 1.87. The van der Waals surface area contributed by atoms with E-state index >= 15 is 0 Å². The van der Waals surface area contributed by atoms with E-state index in [0.717, 1.165) is 13.0 Å². The zero-order chi connectivity index (χ0) is 11.3. The van der Waals surface area contributed by atoms with Crippen molar-refractivity contribution in [3.63, 3.8) is 0 Å². The van der Waals surface area contributed by atoms with Crippen molar-refractivity contribution >= 4 is 0 Å². The van der Waals surface area contributed by atoms with Crippen LogP contribution in [0.4, 0.5) is 0 Å². The normalized spacial score (nSPS) is 11.3. The lowest BCUT2D eigenvalue weighted by Gasteiger charge is -2.13. The van der Waals surface area contributed by atoms with Crippen molar-refractivity contribution < 1.29 is 5.11 Å². The molecule has 0 amide bonds. The molecule has 0 aromatic heterocycles. The predicted molar refractivity (Wildman–Crippen MR) is 63.5 cm³/mol. The fourth-order valence-corrected chi connectivity index (χ4v) is 1.61. The third-order valence-corrected chi connectivity index (χ3v) is 2.36. The first-order valence-corrected chi connectivity index (χ1v) is 5.49. The maximum Gasteiger partial charge on any atom is 0.0956 e. The van der Waals surface area contributed by atoms with E-state index in [2.05, 4.69) is 38.1 Å². The SMILES string of the molecule is CC(C)Cc1ccc(CN(C)CO)cc1. The summed E-state index contributed by atoms with van der Waals surface area (Å²) in [5, 5.41) is 8.90. The summed E-state index contributed by atoms with van der Waals surface area (Å²) in [6.45, 7) is 5.37. The Bertz CT molecular complexity index is 279. The van der Waals surface area contributed by atoms with Crippen molar-refractivity contribution in [2.75, 3.05) is 13.8 Å². The molecular formula is C13H21NO. The van der Waals surface area contributed by atoms with Gasteiger partial charge in [0.2, 0.25) is 0 Å². The van der Waals surface area contributed by atoms with E-state index in [1.54, 1.807) is 0 Å². The Balaban J connectivity index is 2.56. The van der Waals surface area contributed by atoms with Crippen LogP contribution in [0.25, 0.3) is 0 Å². The van der Waals surface area contributed by atoms with Crippen molar-refractivity contribution in [3.8, 4) is 0 Å². The lowest BCUT2D eigenvalue weighted by Crippen LogP contribution is -2.18. The van der Waals surface area contributed by atoms with Gasteiger partial charge in [0.05, 0.1) is 6.73 Å². The highest BCUT2D eigenvalue weighted by molar-refractivity contribution is 5.22. The van der Waals surface area contributed by atoms with Crippen molar-refractivity contribution in [2.45, 2.75) is 26.8 Å². The first kappa shape index (κ1) is 12.2. The summed E-state index contributed by atoms with van der Waals surface area (Å²) in [7, 11) is 1.90. The van der Waals surface area contributed by atoms with Crippen molar-refractivity contribution in [1.82, 2.24) is 4.90 Å². The standard InChI is InChI=1S/C13H21NO/c1-11(2)8-12-4-6-13(7-5-12)9-14(3)10-15/h4-7,11,15H,8-10H2,1-3H3. The van der Waals surface area contributed by atoms with Crippen LogP contribution in [0, 0.1) is 5.92 Å². The molecular weight excluding hydrogens is 186 g/mol. The Labute approximate surface area is 92.5 Å². The van der Waals surface area contributed by atoms with E-state index in [4.69, 9.17) is 5.11 Å². The second-order valence-electron chi connectivity index (χ2n) is 4.57. The molecule has 0 saturated heterocycles. The van der Waals surface area contributed by atoms with Gasteiger partial charge >= 0.3 is 0 Å². The molecule has 1 aromatic rings. The average molecular weight is 207 g/mol. The summed E-state index contributed by atoms with van der Waals surface area (Å²) < 4.78 is 0. The second-order valence-corrected chi connectivity index (χ2v) is 4.57. The van der Waals surface area contributed by atoms with Gasteiger partial charge in [0.15, 0.2) is 0 Å². The summed E-state index contributed by atoms with van der Waals surface area (Å²) in [5.74, 6) is 0.705. The fourth-order valence-electron chi connectivity index (χ4n) is 1.61. The van der Waals surface area contributed by atoms with E-state index in [0.29, 0.717) is 5.92 Å². The van der Waals surface area contributed by atoms with Crippen LogP contribution in [0.2, 0.25) is 0 Å². The Morgan fingerprint density at radius 3 is 2.13 bits per heavy atom. The van der Waals surface area contributed by atoms with E-state index in [-0.39, 0.29) is 6.73 Å². The molecule has 84 valence electrons. The number of hydrogen-bond donors (Lipinski definition) is 1. The molecule has 0 unspecified atom stereocenters. The Kier molecular flexibility index (Phi) is 4.79. The zero-order valence-electron chi connectivity index (χ0n) is 9.90. The van der Waals surface area contributed by atoms with Gasteiger partial charge in [-0.15, -0.1) is 0 Å². The third kappa shape index (κ3) is 4.45. The largest absolute Gasteiger partial charge is 0.381 e. The molecule has 0 spiro atoms. The van der Waals surface area contributed by atoms with Crippen LogP contribution in [-0.2, 0) is 13.0 Å². The van der Waals surface area contributed by atoms with Crippen LogP contribution in [0.5, 0.6) is 0 Å². The number of rotatable bonds is 5. The molecule has 0 aliphatic carbocycles. The molecule has 2 heteroatoms. The molecule has 0 bridgehead atoms. The Morgan fingerprint density at radius 2 is 1.67 bits per heavy atom. The summed E-state index contributed by atoms with van der Waals surface area (Å²) >= 11 is 0. The Morgan fingerprint density at radius 1 is 1.13 bits per heavy atom. The van der Waals surface area contributed by atoms with Crippen LogP contribution in [0.3, 0.4) is 0 Å². The number of aliphatic hydroxyl groups excluding tert-OH is 1. The van der Waals surface area contributed by atoms with Gasteiger partial charge in [-0.25, -0.2) is 0 Å². The van der Waals surface area contributed by atoms with Gasteiger partial charge in [-0.1, -0.05) is 38.1 Å². The van der Waals surface area contributed by atoms with Gasteiger partial charge in [-0.05, 0) is 30.5 Å². The van der Waals surface area contributed by atoms with Gasteiger partial charge in [0.25, 0.3) is 0 Å². The van der Waals surface area contributed by atoms with Gasteiger partial charge in [-0.2, -0.15) is 0 Å². The first-order chi connectivity index (χ1) is 7.11. The maximum atomic E-state index is 8.90. The van der Waals surface area contributed by atoms with Crippen LogP contribution >= 0.6 is 0 Å². The summed E-state index contributed by atoms with van der Waals surface area (Å²) in [5.41, 5.74) is 2.64. The minimum Gasteiger partial charge on any atom is -0.381 e. The predicted octanol–water partition coefficient (Wildman–Crippen LogP) is 2.27. The summed E-state index contributed by atoms with van der Waals surface area (Å²) in [6, 6.07) is 8.65. The zero-order valence-corrected chi connectivity index (χ0v) is 9.90. The molecule has 0 radical (unpaired) electrons. The minimum absolute atomic E-state index is 0.105. The van der Waals surface area contributed by atoms with Crippen molar-refractivity contribution in [1.29, 1.82) is 0 Å². The molecule has 0 atom stereocenters. The Hall–Kier alpha value is -0.860. The minimum atomic E-state index is 0.105. The highest BCUT2D eigenvalue weighted by Gasteiger charge is 2.00. The average Bonchev–Trinajstić information content (AvgIpc) is 2.20. The van der Waals surface area contributed by atoms with Crippen LogP contribution < -0.4 is 0 Å². The molecule has 0 aliphatic rings. The molecule has 0 heterocycles. The number of aliphatic hydroxyl groups is 1. The third-order valence-electron chi connectivity index (χ3n) is 2.36. The number of hydrogen-bond acceptors (Lipinski definition) is 2. The molecule has 2 nitrogen and oxygen atoms in total. The lowest BCUT2D eigenvalue weighted by atomic mass is 10.0. The van der Waals surface area contributed by atoms with Crippen LogP contribution in [-0.4, -0.2) is 23.8 Å². The maximum absolute atomic E-state index is 8.90. The molecule has 1 aromatic carbocycles. The van der Waals surface area contributed by atoms with Gasteiger partial charge < -0.3 is 5.11 Å². The second kappa shape index (κ2) is 5.89. The number of nitrogens with zero attached hydrogens (tertiary/aromatic N) is 1. The van der Waals surface area contributed by atoms with E-state index in [9.17, 15) is 0 Å². The van der Waals surface area contributed by atoms with E-state index in [1.165, 1.54) is 11.1 Å². The van der Waals surface area contributed by atoms with Crippen LogP contribution in [0.1, 0.15) is 25.0 Å². The van der Waals surface area contributed by atoms with E-state index in [1.807, 2.05) is 11.9 Å². The van der Waals surface area contributed by atoms with E-state index < -0.39 is 0 Å². The van der Waals surface area contributed by atoms with Gasteiger partial charge in [0.1, 0.15) is 0 Å².